The van der Waals surface area contributed by atoms with Crippen LogP contribution in [-0.2, 0) is 27.5 Å². The lowest BCUT2D eigenvalue weighted by atomic mass is 9.99. The van der Waals surface area contributed by atoms with Crippen molar-refractivity contribution < 1.29 is 23.6 Å². The number of aryl methyl sites for hydroxylation is 2. The highest BCUT2D eigenvalue weighted by Crippen LogP contribution is 2.40. The number of aliphatic imine (C=N–C) groups is 1. The number of nitrogens with zero attached hydrogens (tertiary/aromatic N) is 7. The molecule has 2 saturated heterocycles. The number of hydrogen-bond donors (Lipinski definition) is 2. The maximum atomic E-state index is 15.8. The van der Waals surface area contributed by atoms with Gasteiger partial charge in [-0.05, 0) is 51.0 Å². The SMILES string of the molecule is Cc1sc2c(c1C)C(c1ccc(Cl)cc1)=N[C@@H](CC(=O)NCCN1CCN(Cc3ccc4c(c3F)CN(C3CCC(=O)NC3=O)C4=O)CC1)c1nnc(C)n1-2. The van der Waals surface area contributed by atoms with E-state index < -0.39 is 23.8 Å². The van der Waals surface area contributed by atoms with E-state index in [1.165, 1.54) is 9.78 Å². The number of nitrogens with one attached hydrogen (secondary N) is 2. The monoisotopic (exact) mass is 785 g/mol. The summed E-state index contributed by atoms with van der Waals surface area (Å²) in [6.07, 6.45) is 0.485. The van der Waals surface area contributed by atoms with Gasteiger partial charge in [0.05, 0.1) is 18.7 Å². The molecule has 0 bridgehead atoms. The van der Waals surface area contributed by atoms with E-state index >= 15 is 4.39 Å². The minimum Gasteiger partial charge on any atom is -0.355 e. The number of aromatic nitrogens is 3. The van der Waals surface area contributed by atoms with E-state index in [-0.39, 0.29) is 49.1 Å². The zero-order chi connectivity index (χ0) is 38.5. The van der Waals surface area contributed by atoms with E-state index in [1.807, 2.05) is 35.8 Å². The Bertz CT molecular complexity index is 2250. The summed E-state index contributed by atoms with van der Waals surface area (Å²) in [5, 5.41) is 15.9. The van der Waals surface area contributed by atoms with Crippen molar-refractivity contribution in [1.82, 2.24) is 40.1 Å². The molecule has 55 heavy (non-hydrogen) atoms. The first-order valence-corrected chi connectivity index (χ1v) is 19.7. The molecule has 4 aliphatic heterocycles. The van der Waals surface area contributed by atoms with Crippen LogP contribution in [0, 0.1) is 26.6 Å². The Hall–Kier alpha value is -4.83. The van der Waals surface area contributed by atoms with Crippen molar-refractivity contribution >= 4 is 52.3 Å². The van der Waals surface area contributed by atoms with Gasteiger partial charge in [-0.3, -0.25) is 43.9 Å². The normalized spacial score (nSPS) is 20.1. The molecule has 0 spiro atoms. The summed E-state index contributed by atoms with van der Waals surface area (Å²) in [6, 6.07) is 9.57. The topological polar surface area (TPSA) is 145 Å². The minimum absolute atomic E-state index is 0.00472. The summed E-state index contributed by atoms with van der Waals surface area (Å²) in [5.74, 6) is -0.447. The third-order valence-electron chi connectivity index (χ3n) is 11.1. The van der Waals surface area contributed by atoms with E-state index in [2.05, 4.69) is 44.5 Å². The fourth-order valence-electron chi connectivity index (χ4n) is 7.92. The highest BCUT2D eigenvalue weighted by Gasteiger charge is 2.41. The van der Waals surface area contributed by atoms with Crippen molar-refractivity contribution in [1.29, 1.82) is 0 Å². The lowest BCUT2D eigenvalue weighted by Crippen LogP contribution is -2.52. The second-order valence-electron chi connectivity index (χ2n) is 14.5. The molecule has 16 heteroatoms. The zero-order valence-corrected chi connectivity index (χ0v) is 32.4. The Morgan fingerprint density at radius 3 is 2.51 bits per heavy atom. The van der Waals surface area contributed by atoms with Gasteiger partial charge in [-0.2, -0.15) is 0 Å². The van der Waals surface area contributed by atoms with Gasteiger partial charge in [0.15, 0.2) is 5.82 Å². The Morgan fingerprint density at radius 2 is 1.76 bits per heavy atom. The molecule has 0 aliphatic carbocycles. The van der Waals surface area contributed by atoms with Crippen LogP contribution in [0.5, 0.6) is 0 Å². The standard InChI is InChI=1S/C39H41ClFN9O4S/c1-21-22(2)55-39-33(21)35(24-4-7-26(40)8-5-24)43-29(36-46-45-23(3)50(36)39)18-32(52)42-12-13-47-14-16-48(17-15-47)19-25-6-9-27-28(34(25)41)20-49(38(27)54)30-10-11-31(51)44-37(30)53/h4-9,29-30H,10-20H2,1-3H3,(H,42,52)(H,44,51,53)/t29-,30?/m0/s1. The molecule has 4 aromatic rings. The van der Waals surface area contributed by atoms with Gasteiger partial charge in [0.2, 0.25) is 17.7 Å². The van der Waals surface area contributed by atoms with E-state index in [9.17, 15) is 19.2 Å². The number of carbonyl (C=O) groups excluding carboxylic acids is 4. The minimum atomic E-state index is -0.786. The summed E-state index contributed by atoms with van der Waals surface area (Å²) in [6.45, 7) is 10.6. The average Bonchev–Trinajstić information content (AvgIpc) is 3.77. The molecule has 8 rings (SSSR count). The zero-order valence-electron chi connectivity index (χ0n) is 30.8. The van der Waals surface area contributed by atoms with Crippen LogP contribution >= 0.6 is 22.9 Å². The molecule has 2 aromatic carbocycles. The van der Waals surface area contributed by atoms with E-state index in [4.69, 9.17) is 16.6 Å². The third kappa shape index (κ3) is 7.10. The molecule has 13 nitrogen and oxygen atoms in total. The maximum Gasteiger partial charge on any atom is 0.255 e. The highest BCUT2D eigenvalue weighted by molar-refractivity contribution is 7.15. The molecule has 0 saturated carbocycles. The van der Waals surface area contributed by atoms with Crippen LogP contribution in [0.25, 0.3) is 5.00 Å². The number of fused-ring (bicyclic) bond motifs is 4. The summed E-state index contributed by atoms with van der Waals surface area (Å²) < 4.78 is 17.8. The Labute approximate surface area is 326 Å². The molecule has 6 heterocycles. The maximum absolute atomic E-state index is 15.8. The fraction of sp³-hybridized carbons (Fsp3) is 0.410. The van der Waals surface area contributed by atoms with Crippen molar-refractivity contribution in [3.05, 3.63) is 97.1 Å². The molecule has 2 fully saturated rings. The van der Waals surface area contributed by atoms with Gasteiger partial charge >= 0.3 is 0 Å². The van der Waals surface area contributed by atoms with E-state index in [1.54, 1.807) is 23.5 Å². The van der Waals surface area contributed by atoms with E-state index in [0.29, 0.717) is 54.7 Å². The van der Waals surface area contributed by atoms with Crippen LogP contribution < -0.4 is 10.6 Å². The number of amides is 4. The summed E-state index contributed by atoms with van der Waals surface area (Å²) in [7, 11) is 0. The molecule has 2 atom stereocenters. The first-order chi connectivity index (χ1) is 26.5. The number of rotatable bonds is 9. The Balaban J connectivity index is 0.866. The smallest absolute Gasteiger partial charge is 0.255 e. The number of piperazine rings is 1. The largest absolute Gasteiger partial charge is 0.355 e. The molecule has 286 valence electrons. The Morgan fingerprint density at radius 1 is 1.02 bits per heavy atom. The number of carbonyl (C=O) groups is 4. The number of imide groups is 1. The van der Waals surface area contributed by atoms with Crippen LogP contribution in [0.15, 0.2) is 41.4 Å². The number of piperidine rings is 1. The second-order valence-corrected chi connectivity index (χ2v) is 16.2. The van der Waals surface area contributed by atoms with Gasteiger partial charge < -0.3 is 10.2 Å². The molecule has 1 unspecified atom stereocenters. The van der Waals surface area contributed by atoms with Crippen molar-refractivity contribution in [2.75, 3.05) is 39.3 Å². The molecular weight excluding hydrogens is 745 g/mol. The van der Waals surface area contributed by atoms with Crippen molar-refractivity contribution in [2.24, 2.45) is 4.99 Å². The van der Waals surface area contributed by atoms with Gasteiger partial charge in [-0.15, -0.1) is 21.5 Å². The van der Waals surface area contributed by atoms with Crippen LogP contribution in [0.1, 0.15) is 80.0 Å². The van der Waals surface area contributed by atoms with Crippen LogP contribution in [0.3, 0.4) is 0 Å². The Kier molecular flexibility index (Phi) is 10.1. The molecule has 0 radical (unpaired) electrons. The number of hydrogen-bond acceptors (Lipinski definition) is 10. The lowest BCUT2D eigenvalue weighted by molar-refractivity contribution is -0.137. The van der Waals surface area contributed by atoms with Gasteiger partial charge in [-0.25, -0.2) is 4.39 Å². The number of benzene rings is 2. The quantitative estimate of drug-likeness (QED) is 0.242. The van der Waals surface area contributed by atoms with E-state index in [0.717, 1.165) is 46.3 Å². The summed E-state index contributed by atoms with van der Waals surface area (Å²) in [4.78, 5) is 62.7. The predicted molar refractivity (Wildman–Crippen MR) is 205 cm³/mol. The van der Waals surface area contributed by atoms with Gasteiger partial charge in [0.25, 0.3) is 5.91 Å². The first kappa shape index (κ1) is 37.1. The molecule has 2 aromatic heterocycles. The predicted octanol–water partition coefficient (Wildman–Crippen LogP) is 4.02. The molecular formula is C39H41ClFN9O4S. The first-order valence-electron chi connectivity index (χ1n) is 18.5. The van der Waals surface area contributed by atoms with Gasteiger partial charge in [0, 0.05) is 90.0 Å². The third-order valence-corrected chi connectivity index (χ3v) is 12.5. The summed E-state index contributed by atoms with van der Waals surface area (Å²) >= 11 is 7.90. The highest BCUT2D eigenvalue weighted by atomic mass is 35.5. The van der Waals surface area contributed by atoms with Gasteiger partial charge in [0.1, 0.15) is 28.7 Å². The van der Waals surface area contributed by atoms with Crippen molar-refractivity contribution in [3.8, 4) is 5.00 Å². The average molecular weight is 786 g/mol. The van der Waals surface area contributed by atoms with Crippen molar-refractivity contribution in [2.45, 2.75) is 65.2 Å². The molecule has 2 N–H and O–H groups in total. The number of halogens is 2. The molecule has 4 amide bonds. The second kappa shape index (κ2) is 15.0. The van der Waals surface area contributed by atoms with Crippen LogP contribution in [0.2, 0.25) is 5.02 Å². The summed E-state index contributed by atoms with van der Waals surface area (Å²) in [5.41, 5.74) is 4.93. The van der Waals surface area contributed by atoms with Crippen LogP contribution in [-0.4, -0.2) is 104 Å². The fourth-order valence-corrected chi connectivity index (χ4v) is 9.26. The number of thiophene rings is 1. The lowest BCUT2D eigenvalue weighted by Gasteiger charge is -2.34. The molecule has 4 aliphatic rings. The van der Waals surface area contributed by atoms with Gasteiger partial charge in [-0.1, -0.05) is 29.8 Å². The van der Waals surface area contributed by atoms with Crippen LogP contribution in [0.4, 0.5) is 4.39 Å². The van der Waals surface area contributed by atoms with Crippen molar-refractivity contribution in [3.63, 3.8) is 0 Å².